The van der Waals surface area contributed by atoms with Gasteiger partial charge in [0.1, 0.15) is 17.2 Å². The average Bonchev–Trinajstić information content (AvgIpc) is 2.86. The second-order valence-electron chi connectivity index (χ2n) is 8.28. The lowest BCUT2D eigenvalue weighted by Crippen LogP contribution is -2.21. The van der Waals surface area contributed by atoms with Crippen LogP contribution in [0.3, 0.4) is 0 Å². The highest BCUT2D eigenvalue weighted by molar-refractivity contribution is 5.88. The molecule has 0 aromatic heterocycles. The van der Waals surface area contributed by atoms with Gasteiger partial charge >= 0.3 is 5.97 Å². The van der Waals surface area contributed by atoms with Gasteiger partial charge in [0.05, 0.1) is 32.5 Å². The molecule has 0 aliphatic carbocycles. The average molecular weight is 465 g/mol. The van der Waals surface area contributed by atoms with E-state index in [1.165, 1.54) is 17.7 Å². The molecule has 3 rings (SSSR count). The third-order valence-corrected chi connectivity index (χ3v) is 5.99. The van der Waals surface area contributed by atoms with Crippen molar-refractivity contribution in [2.24, 2.45) is 5.92 Å². The number of aliphatic hydroxyl groups is 1. The van der Waals surface area contributed by atoms with E-state index < -0.39 is 12.1 Å². The normalized spacial score (nSPS) is 12.6. The fourth-order valence-corrected chi connectivity index (χ4v) is 4.02. The molecule has 3 aromatic rings. The van der Waals surface area contributed by atoms with Crippen LogP contribution in [0.4, 0.5) is 0 Å². The summed E-state index contributed by atoms with van der Waals surface area (Å²) in [7, 11) is 3.18. The molecular weight excluding hydrogens is 432 g/mol. The maximum Gasteiger partial charge on any atom is 0.335 e. The van der Waals surface area contributed by atoms with Crippen LogP contribution in [0.2, 0.25) is 0 Å². The van der Waals surface area contributed by atoms with Crippen molar-refractivity contribution in [1.29, 1.82) is 0 Å². The number of methoxy groups -OCH3 is 2. The lowest BCUT2D eigenvalue weighted by atomic mass is 9.90. The number of carbonyl (C=O) groups is 1. The topological polar surface area (TPSA) is 85.2 Å². The molecule has 0 aliphatic heterocycles. The van der Waals surface area contributed by atoms with Crippen molar-refractivity contribution in [3.05, 3.63) is 89.0 Å². The molecule has 0 radical (unpaired) electrons. The maximum atomic E-state index is 11.3. The second-order valence-corrected chi connectivity index (χ2v) is 8.28. The van der Waals surface area contributed by atoms with E-state index in [4.69, 9.17) is 14.2 Å². The van der Waals surface area contributed by atoms with Crippen molar-refractivity contribution in [2.75, 3.05) is 20.8 Å². The van der Waals surface area contributed by atoms with E-state index in [2.05, 4.69) is 12.1 Å². The van der Waals surface area contributed by atoms with Crippen molar-refractivity contribution in [3.63, 3.8) is 0 Å². The Hall–Kier alpha value is -3.51. The van der Waals surface area contributed by atoms with Gasteiger partial charge in [-0.05, 0) is 67.6 Å². The summed E-state index contributed by atoms with van der Waals surface area (Å²) in [6, 6.07) is 20.3. The zero-order valence-electron chi connectivity index (χ0n) is 19.9. The predicted molar refractivity (Wildman–Crippen MR) is 131 cm³/mol. The summed E-state index contributed by atoms with van der Waals surface area (Å²) in [6.45, 7) is 2.14. The molecule has 1 unspecified atom stereocenters. The molecule has 2 N–H and O–H groups in total. The SMILES string of the molecule is COc1cc(C(O)[C@H](CCCc2ccccc2)COc2cccc(C(=O)O)c2)cc(OC)c1C. The molecule has 2 atom stereocenters. The molecule has 34 heavy (non-hydrogen) atoms. The minimum absolute atomic E-state index is 0.159. The van der Waals surface area contributed by atoms with Crippen LogP contribution in [0.25, 0.3) is 0 Å². The van der Waals surface area contributed by atoms with Crippen LogP contribution in [-0.4, -0.2) is 37.0 Å². The number of carboxylic acid groups (broad SMARTS) is 1. The van der Waals surface area contributed by atoms with Gasteiger partial charge in [0.2, 0.25) is 0 Å². The number of rotatable bonds is 12. The van der Waals surface area contributed by atoms with Gasteiger partial charge in [0.15, 0.2) is 0 Å². The van der Waals surface area contributed by atoms with Crippen LogP contribution in [0.5, 0.6) is 17.2 Å². The van der Waals surface area contributed by atoms with Gasteiger partial charge in [-0.3, -0.25) is 0 Å². The highest BCUT2D eigenvalue weighted by Gasteiger charge is 2.24. The van der Waals surface area contributed by atoms with E-state index in [0.717, 1.165) is 18.4 Å². The summed E-state index contributed by atoms with van der Waals surface area (Å²) in [4.78, 5) is 11.3. The van der Waals surface area contributed by atoms with Gasteiger partial charge < -0.3 is 24.4 Å². The van der Waals surface area contributed by atoms with Crippen LogP contribution < -0.4 is 14.2 Å². The van der Waals surface area contributed by atoms with Crippen LogP contribution in [0.15, 0.2) is 66.7 Å². The zero-order valence-corrected chi connectivity index (χ0v) is 19.9. The largest absolute Gasteiger partial charge is 0.496 e. The number of aliphatic hydroxyl groups excluding tert-OH is 1. The van der Waals surface area contributed by atoms with Gasteiger partial charge in [0, 0.05) is 11.5 Å². The number of benzene rings is 3. The van der Waals surface area contributed by atoms with Crippen molar-refractivity contribution in [3.8, 4) is 17.2 Å². The molecule has 0 aliphatic rings. The van der Waals surface area contributed by atoms with Crippen molar-refractivity contribution in [2.45, 2.75) is 32.3 Å². The first-order chi connectivity index (χ1) is 16.4. The lowest BCUT2D eigenvalue weighted by Gasteiger charge is -2.25. The smallest absolute Gasteiger partial charge is 0.335 e. The number of aryl methyl sites for hydroxylation is 1. The van der Waals surface area contributed by atoms with Crippen LogP contribution in [0, 0.1) is 12.8 Å². The van der Waals surface area contributed by atoms with E-state index in [0.29, 0.717) is 29.2 Å². The van der Waals surface area contributed by atoms with Crippen LogP contribution >= 0.6 is 0 Å². The van der Waals surface area contributed by atoms with Gasteiger partial charge in [0.25, 0.3) is 0 Å². The molecule has 180 valence electrons. The molecular formula is C28H32O6. The van der Waals surface area contributed by atoms with Gasteiger partial charge in [-0.15, -0.1) is 0 Å². The molecule has 0 saturated heterocycles. The molecule has 3 aromatic carbocycles. The quantitative estimate of drug-likeness (QED) is 0.370. The Morgan fingerprint density at radius 1 is 0.941 bits per heavy atom. The standard InChI is InChI=1S/C28H32O6/c1-19-25(32-2)16-23(17-26(19)33-3)27(29)22(13-7-11-20-9-5-4-6-10-20)18-34-24-14-8-12-21(15-24)28(30)31/h4-6,8-10,12,14-17,22,27,29H,7,11,13,18H2,1-3H3,(H,30,31)/t22-,27?/m1/s1. The molecule has 0 heterocycles. The zero-order chi connectivity index (χ0) is 24.5. The highest BCUT2D eigenvalue weighted by atomic mass is 16.5. The summed E-state index contributed by atoms with van der Waals surface area (Å²) in [5, 5.41) is 20.6. The molecule has 6 nitrogen and oxygen atoms in total. The Bertz CT molecular complexity index is 1050. The Morgan fingerprint density at radius 3 is 2.24 bits per heavy atom. The second kappa shape index (κ2) is 12.1. The van der Waals surface area contributed by atoms with E-state index in [1.807, 2.05) is 37.3 Å². The van der Waals surface area contributed by atoms with E-state index in [9.17, 15) is 15.0 Å². The predicted octanol–water partition coefficient (Wildman–Crippen LogP) is 5.46. The molecule has 0 bridgehead atoms. The summed E-state index contributed by atoms with van der Waals surface area (Å²) < 4.78 is 16.9. The van der Waals surface area contributed by atoms with Crippen molar-refractivity contribution >= 4 is 5.97 Å². The lowest BCUT2D eigenvalue weighted by molar-refractivity contribution is 0.0665. The summed E-state index contributed by atoms with van der Waals surface area (Å²) >= 11 is 0. The van der Waals surface area contributed by atoms with E-state index in [-0.39, 0.29) is 18.1 Å². The van der Waals surface area contributed by atoms with Gasteiger partial charge in [-0.2, -0.15) is 0 Å². The number of aromatic carboxylic acids is 1. The first-order valence-electron chi connectivity index (χ1n) is 11.3. The Labute approximate surface area is 200 Å². The summed E-state index contributed by atoms with van der Waals surface area (Å²) in [5.74, 6) is 0.510. The number of hydrogen-bond acceptors (Lipinski definition) is 5. The molecule has 0 spiro atoms. The Morgan fingerprint density at radius 2 is 1.62 bits per heavy atom. The fourth-order valence-electron chi connectivity index (χ4n) is 4.02. The first-order valence-corrected chi connectivity index (χ1v) is 11.3. The Kier molecular flexibility index (Phi) is 8.93. The molecule has 6 heteroatoms. The van der Waals surface area contributed by atoms with Crippen LogP contribution in [-0.2, 0) is 6.42 Å². The monoisotopic (exact) mass is 464 g/mol. The number of carboxylic acids is 1. The molecule has 0 saturated carbocycles. The van der Waals surface area contributed by atoms with Crippen LogP contribution in [0.1, 0.15) is 46.0 Å². The van der Waals surface area contributed by atoms with Crippen molar-refractivity contribution in [1.82, 2.24) is 0 Å². The van der Waals surface area contributed by atoms with Gasteiger partial charge in [-0.25, -0.2) is 4.79 Å². The molecule has 0 fully saturated rings. The fraction of sp³-hybridized carbons (Fsp3) is 0.321. The third-order valence-electron chi connectivity index (χ3n) is 5.99. The minimum atomic E-state index is -1.01. The number of ether oxygens (including phenoxy) is 3. The van der Waals surface area contributed by atoms with E-state index >= 15 is 0 Å². The molecule has 0 amide bonds. The Balaban J connectivity index is 1.80. The van der Waals surface area contributed by atoms with Crippen molar-refractivity contribution < 1.29 is 29.2 Å². The highest BCUT2D eigenvalue weighted by Crippen LogP contribution is 2.36. The van der Waals surface area contributed by atoms with Gasteiger partial charge in [-0.1, -0.05) is 36.4 Å². The maximum absolute atomic E-state index is 11.3. The first kappa shape index (κ1) is 25.1. The minimum Gasteiger partial charge on any atom is -0.496 e. The summed E-state index contributed by atoms with van der Waals surface area (Å²) in [5.41, 5.74) is 2.95. The number of hydrogen-bond donors (Lipinski definition) is 2. The summed E-state index contributed by atoms with van der Waals surface area (Å²) in [6.07, 6.45) is 1.65. The third kappa shape index (κ3) is 6.51. The van der Waals surface area contributed by atoms with E-state index in [1.54, 1.807) is 26.4 Å².